The molecule has 2 fully saturated rings. The number of ether oxygens (including phenoxy) is 2. The fourth-order valence-corrected chi connectivity index (χ4v) is 7.08. The van der Waals surface area contributed by atoms with Crippen molar-refractivity contribution in [2.45, 2.75) is 56.8 Å². The van der Waals surface area contributed by atoms with E-state index in [1.807, 2.05) is 66.7 Å². The van der Waals surface area contributed by atoms with Crippen LogP contribution in [0.2, 0.25) is 0 Å². The van der Waals surface area contributed by atoms with Crippen LogP contribution >= 0.6 is 0 Å². The molecule has 1 N–H and O–H groups in total. The van der Waals surface area contributed by atoms with Gasteiger partial charge in [0.15, 0.2) is 11.8 Å². The lowest BCUT2D eigenvalue weighted by Crippen LogP contribution is -2.41. The third kappa shape index (κ3) is 5.51. The van der Waals surface area contributed by atoms with Gasteiger partial charge in [-0.3, -0.25) is 10.1 Å². The second kappa shape index (κ2) is 11.9. The summed E-state index contributed by atoms with van der Waals surface area (Å²) in [4.78, 5) is 32.9. The van der Waals surface area contributed by atoms with Crippen molar-refractivity contribution < 1.29 is 23.9 Å². The van der Waals surface area contributed by atoms with Crippen molar-refractivity contribution in [3.63, 3.8) is 0 Å². The van der Waals surface area contributed by atoms with Gasteiger partial charge in [-0.2, -0.15) is 0 Å². The molecule has 3 aliphatic rings. The highest BCUT2D eigenvalue weighted by Crippen LogP contribution is 2.55. The van der Waals surface area contributed by atoms with Crippen molar-refractivity contribution in [3.05, 3.63) is 108 Å². The van der Waals surface area contributed by atoms with E-state index in [1.165, 1.54) is 5.56 Å². The normalized spacial score (nSPS) is 23.3. The summed E-state index contributed by atoms with van der Waals surface area (Å²) in [6, 6.07) is 28.1. The lowest BCUT2D eigenvalue weighted by Gasteiger charge is -2.35. The van der Waals surface area contributed by atoms with Gasteiger partial charge in [-0.15, -0.1) is 0 Å². The molecular formula is C37H38N4O5. The molecule has 3 heterocycles. The number of nitrogens with zero attached hydrogens (tertiary/aromatic N) is 3. The number of benzene rings is 3. The van der Waals surface area contributed by atoms with Crippen LogP contribution in [0.25, 0.3) is 10.9 Å². The second-order valence-electron chi connectivity index (χ2n) is 13.1. The van der Waals surface area contributed by atoms with Crippen molar-refractivity contribution in [1.29, 1.82) is 0 Å². The van der Waals surface area contributed by atoms with Crippen LogP contribution in [-0.4, -0.2) is 48.1 Å². The number of carbonyl (C=O) groups excluding carboxylic acids is 2. The van der Waals surface area contributed by atoms with E-state index in [0.717, 1.165) is 35.0 Å². The van der Waals surface area contributed by atoms with Gasteiger partial charge in [0, 0.05) is 36.2 Å². The Morgan fingerprint density at radius 1 is 1.07 bits per heavy atom. The molecule has 46 heavy (non-hydrogen) atoms. The van der Waals surface area contributed by atoms with E-state index in [9.17, 15) is 9.59 Å². The third-order valence-corrected chi connectivity index (χ3v) is 9.53. The molecule has 0 unspecified atom stereocenters. The van der Waals surface area contributed by atoms with E-state index in [2.05, 4.69) is 47.1 Å². The summed E-state index contributed by atoms with van der Waals surface area (Å²) in [6.07, 6.45) is 2.51. The van der Waals surface area contributed by atoms with E-state index in [0.29, 0.717) is 43.7 Å². The molecule has 1 saturated carbocycles. The topological polar surface area (TPSA) is 94.4 Å². The van der Waals surface area contributed by atoms with Gasteiger partial charge in [0.1, 0.15) is 11.2 Å². The molecule has 1 amide bonds. The van der Waals surface area contributed by atoms with Crippen LogP contribution in [0.1, 0.15) is 60.6 Å². The van der Waals surface area contributed by atoms with Crippen LogP contribution in [-0.2, 0) is 31.3 Å². The van der Waals surface area contributed by atoms with Gasteiger partial charge in [-0.25, -0.2) is 4.79 Å². The van der Waals surface area contributed by atoms with Crippen LogP contribution in [0.15, 0.2) is 96.0 Å². The Morgan fingerprint density at radius 3 is 2.54 bits per heavy atom. The number of anilines is 1. The van der Waals surface area contributed by atoms with E-state index >= 15 is 0 Å². The highest BCUT2D eigenvalue weighted by Gasteiger charge is 2.63. The predicted molar refractivity (Wildman–Crippen MR) is 176 cm³/mol. The first-order chi connectivity index (χ1) is 22.3. The van der Waals surface area contributed by atoms with E-state index in [4.69, 9.17) is 14.3 Å². The number of oxime groups is 1. The summed E-state index contributed by atoms with van der Waals surface area (Å²) in [5.41, 5.74) is 3.52. The molecule has 236 valence electrons. The molecule has 7 rings (SSSR count). The summed E-state index contributed by atoms with van der Waals surface area (Å²) in [7, 11) is 1.79. The average Bonchev–Trinajstić information content (AvgIpc) is 3.39. The monoisotopic (exact) mass is 618 g/mol. The highest BCUT2D eigenvalue weighted by molar-refractivity contribution is 6.09. The molecule has 0 radical (unpaired) electrons. The summed E-state index contributed by atoms with van der Waals surface area (Å²) >= 11 is 0. The first-order valence-corrected chi connectivity index (χ1v) is 15.8. The second-order valence-corrected chi connectivity index (χ2v) is 13.1. The first-order valence-electron chi connectivity index (χ1n) is 15.8. The third-order valence-electron chi connectivity index (χ3n) is 9.53. The van der Waals surface area contributed by atoms with Crippen molar-refractivity contribution in [2.75, 3.05) is 25.2 Å². The maximum Gasteiger partial charge on any atom is 0.313 e. The maximum absolute atomic E-state index is 14.4. The van der Waals surface area contributed by atoms with E-state index in [1.54, 1.807) is 17.9 Å². The number of nitrogens with one attached hydrogen (secondary N) is 1. The number of hydrogen-bond acceptors (Lipinski definition) is 7. The highest BCUT2D eigenvalue weighted by atomic mass is 16.7. The van der Waals surface area contributed by atoms with Crippen LogP contribution in [0.4, 0.5) is 5.69 Å². The molecule has 0 spiro atoms. The van der Waals surface area contributed by atoms with E-state index in [-0.39, 0.29) is 23.3 Å². The fraction of sp³-hybridized carbons (Fsp3) is 0.351. The minimum absolute atomic E-state index is 0.0442. The Kier molecular flexibility index (Phi) is 7.77. The summed E-state index contributed by atoms with van der Waals surface area (Å²) in [6.45, 7) is 5.88. The molecule has 1 aromatic heterocycles. The van der Waals surface area contributed by atoms with Crippen molar-refractivity contribution in [2.24, 2.45) is 11.1 Å². The predicted octanol–water partition coefficient (Wildman–Crippen LogP) is 6.13. The fourth-order valence-electron chi connectivity index (χ4n) is 7.08. The molecule has 9 nitrogen and oxygen atoms in total. The number of para-hydroxylation sites is 1. The number of carbonyl (C=O) groups is 1. The van der Waals surface area contributed by atoms with Gasteiger partial charge in [0.25, 0.3) is 5.91 Å². The zero-order valence-electron chi connectivity index (χ0n) is 26.4. The summed E-state index contributed by atoms with van der Waals surface area (Å²) in [5.74, 6) is 2.29. The molecule has 3 aromatic carbocycles. The minimum atomic E-state index is -0.804. The molecule has 0 bridgehead atoms. The standard InChI is InChI=1S/C37H38N4O5/c1-36(2)20-27(16-17-45-36)26-14-15-31-28(18-26)19-32(34(43)40(3)30-12-8-5-9-13-30)41(31)37(35-38-33(22-42)46-39-35)21-29(37)24-44-23-25-10-6-4-7-11-25/h4-15,18-19,27,29H,16-17,20-21,23-24H2,1-3H3,(H,38,39)/t27-,29+,37-/m0/s1. The largest absolute Gasteiger partial charge is 0.376 e. The molecule has 4 aromatic rings. The maximum atomic E-state index is 14.4. The number of hydrogen-bond donors (Lipinski definition) is 1. The van der Waals surface area contributed by atoms with E-state index < -0.39 is 5.54 Å². The van der Waals surface area contributed by atoms with Gasteiger partial charge in [0.2, 0.25) is 0 Å². The first kappa shape index (κ1) is 30.0. The molecular weight excluding hydrogens is 580 g/mol. The average molecular weight is 619 g/mol. The number of aromatic nitrogens is 1. The number of amides is 1. The summed E-state index contributed by atoms with van der Waals surface area (Å²) < 4.78 is 14.3. The number of fused-ring (bicyclic) bond motifs is 1. The van der Waals surface area contributed by atoms with Crippen LogP contribution in [0, 0.1) is 5.92 Å². The number of amidine groups is 1. The Balaban J connectivity index is 1.31. The molecule has 1 aliphatic carbocycles. The Bertz CT molecular complexity index is 1840. The summed E-state index contributed by atoms with van der Waals surface area (Å²) in [5, 5.41) is 8.31. The molecule has 9 heteroatoms. The van der Waals surface area contributed by atoms with Crippen LogP contribution < -0.4 is 10.2 Å². The van der Waals surface area contributed by atoms with Crippen molar-refractivity contribution in [3.8, 4) is 0 Å². The zero-order valence-corrected chi connectivity index (χ0v) is 26.4. The quantitative estimate of drug-likeness (QED) is 0.227. The molecule has 1 saturated heterocycles. The Morgan fingerprint density at radius 2 is 1.83 bits per heavy atom. The lowest BCUT2D eigenvalue weighted by molar-refractivity contribution is -0.0592. The smallest absolute Gasteiger partial charge is 0.313 e. The van der Waals surface area contributed by atoms with Crippen LogP contribution in [0.5, 0.6) is 0 Å². The van der Waals surface area contributed by atoms with Gasteiger partial charge in [-0.1, -0.05) is 59.8 Å². The zero-order chi connectivity index (χ0) is 31.9. The molecule has 3 atom stereocenters. The lowest BCUT2D eigenvalue weighted by atomic mass is 9.83. The van der Waals surface area contributed by atoms with Gasteiger partial charge < -0.3 is 23.8 Å². The van der Waals surface area contributed by atoms with Crippen LogP contribution in [0.3, 0.4) is 0 Å². The van der Waals surface area contributed by atoms with Gasteiger partial charge in [0.05, 0.1) is 18.8 Å². The Hall–Kier alpha value is -4.69. The minimum Gasteiger partial charge on any atom is -0.376 e. The SMILES string of the molecule is CN(C(=O)c1cc2cc([C@H]3CCOC(C)(C)C3)ccc2n1[C@@]1(C2=NOC(=C=O)N2)C[C@@H]1COCc1ccccc1)c1ccccc1. The molecule has 2 aliphatic heterocycles. The van der Waals surface area contributed by atoms with Gasteiger partial charge in [-0.05, 0) is 80.5 Å². The Labute approximate surface area is 268 Å². The number of rotatable bonds is 9. The van der Waals surface area contributed by atoms with Gasteiger partial charge >= 0.3 is 5.88 Å². The van der Waals surface area contributed by atoms with Crippen molar-refractivity contribution >= 4 is 34.3 Å². The van der Waals surface area contributed by atoms with Crippen molar-refractivity contribution in [1.82, 2.24) is 9.88 Å².